The lowest BCUT2D eigenvalue weighted by molar-refractivity contribution is 0.902. The van der Waals surface area contributed by atoms with Crippen LogP contribution in [-0.4, -0.2) is 9.78 Å². The number of aromatic nitrogens is 2. The molecular weight excluding hydrogens is 184 g/mol. The van der Waals surface area contributed by atoms with E-state index in [4.69, 9.17) is 0 Å². The molecule has 82 valence electrons. The van der Waals surface area contributed by atoms with Crippen LogP contribution >= 0.6 is 0 Å². The van der Waals surface area contributed by atoms with Crippen LogP contribution in [0.5, 0.6) is 0 Å². The maximum Gasteiger partial charge on any atom is 0.0602 e. The maximum absolute atomic E-state index is 4.10. The van der Waals surface area contributed by atoms with Crippen LogP contribution in [0.25, 0.3) is 5.70 Å². The Kier molecular flexibility index (Phi) is 6.98. The molecule has 2 heteroatoms. The Labute approximate surface area is 92.6 Å². The van der Waals surface area contributed by atoms with Gasteiger partial charge in [-0.2, -0.15) is 5.10 Å². The van der Waals surface area contributed by atoms with Crippen molar-refractivity contribution in [2.24, 2.45) is 0 Å². The third kappa shape index (κ3) is 4.45. The van der Waals surface area contributed by atoms with E-state index in [2.05, 4.69) is 11.7 Å². The van der Waals surface area contributed by atoms with Crippen molar-refractivity contribution in [2.75, 3.05) is 0 Å². The van der Waals surface area contributed by atoms with Gasteiger partial charge in [0.1, 0.15) is 0 Å². The van der Waals surface area contributed by atoms with Gasteiger partial charge in [0.05, 0.1) is 5.70 Å². The van der Waals surface area contributed by atoms with Crippen molar-refractivity contribution >= 4 is 5.70 Å². The summed E-state index contributed by atoms with van der Waals surface area (Å²) in [5, 5.41) is 4.10. The van der Waals surface area contributed by atoms with E-state index in [1.54, 1.807) is 10.9 Å². The fourth-order valence-corrected chi connectivity index (χ4v) is 0.946. The first-order valence-electron chi connectivity index (χ1n) is 5.24. The summed E-state index contributed by atoms with van der Waals surface area (Å²) in [6.07, 6.45) is 9.62. The molecule has 0 bridgehead atoms. The second kappa shape index (κ2) is 7.80. The number of nitrogens with zero attached hydrogens (tertiary/aromatic N) is 2. The highest BCUT2D eigenvalue weighted by Crippen LogP contribution is 2.11. The Morgan fingerprint density at radius 3 is 2.53 bits per heavy atom. The van der Waals surface area contributed by atoms with E-state index in [1.165, 1.54) is 0 Å². The monoisotopic (exact) mass is 204 g/mol. The van der Waals surface area contributed by atoms with E-state index >= 15 is 0 Å². The van der Waals surface area contributed by atoms with Crippen LogP contribution in [-0.2, 0) is 0 Å². The van der Waals surface area contributed by atoms with Crippen LogP contribution in [0.15, 0.2) is 48.8 Å². The molecule has 1 aromatic rings. The van der Waals surface area contributed by atoms with Crippen molar-refractivity contribution in [3.05, 3.63) is 48.8 Å². The van der Waals surface area contributed by atoms with Crippen molar-refractivity contribution in [3.8, 4) is 0 Å². The Morgan fingerprint density at radius 2 is 2.07 bits per heavy atom. The molecule has 0 saturated heterocycles. The summed E-state index contributed by atoms with van der Waals surface area (Å²) < 4.78 is 1.76. The molecule has 0 aliphatic carbocycles. The van der Waals surface area contributed by atoms with E-state index in [-0.39, 0.29) is 0 Å². The standard InChI is InChI=1S/C11H14N2.C2H6/c1-4-5-7-10(2)11(3)13-9-6-8-12-13;1-2/h4-9H,3H2,1-2H3;1-2H3/b5-4-,10-7-;. The largest absolute Gasteiger partial charge is 0.241 e. The fourth-order valence-electron chi connectivity index (χ4n) is 0.946. The molecule has 0 radical (unpaired) electrons. The average Bonchev–Trinajstić information content (AvgIpc) is 2.81. The van der Waals surface area contributed by atoms with E-state index < -0.39 is 0 Å². The lowest BCUT2D eigenvalue weighted by Crippen LogP contribution is -1.96. The molecule has 0 aliphatic heterocycles. The highest BCUT2D eigenvalue weighted by Gasteiger charge is 1.97. The predicted molar refractivity (Wildman–Crippen MR) is 67.5 cm³/mol. The summed E-state index contributed by atoms with van der Waals surface area (Å²) in [6.45, 7) is 12.0. The maximum atomic E-state index is 4.10. The SMILES string of the molecule is C=C(/C(C)=C\C=C/C)n1cccn1.CC. The van der Waals surface area contributed by atoms with Crippen LogP contribution in [0.4, 0.5) is 0 Å². The normalized spacial score (nSPS) is 11.1. The van der Waals surface area contributed by atoms with Crippen molar-refractivity contribution in [1.82, 2.24) is 9.78 Å². The summed E-state index contributed by atoms with van der Waals surface area (Å²) >= 11 is 0. The van der Waals surface area contributed by atoms with Crippen molar-refractivity contribution in [2.45, 2.75) is 27.7 Å². The highest BCUT2D eigenvalue weighted by atomic mass is 15.3. The molecule has 0 spiro atoms. The first-order chi connectivity index (χ1) is 7.25. The minimum absolute atomic E-state index is 0.906. The fraction of sp³-hybridized carbons (Fsp3) is 0.308. The third-order valence-corrected chi connectivity index (χ3v) is 1.77. The van der Waals surface area contributed by atoms with Crippen LogP contribution in [0.1, 0.15) is 27.7 Å². The molecule has 0 unspecified atom stereocenters. The zero-order chi connectivity index (χ0) is 11.7. The lowest BCUT2D eigenvalue weighted by Gasteiger charge is -2.04. The van der Waals surface area contributed by atoms with Gasteiger partial charge in [-0.15, -0.1) is 0 Å². The predicted octanol–water partition coefficient (Wildman–Crippen LogP) is 3.90. The summed E-state index contributed by atoms with van der Waals surface area (Å²) in [6, 6.07) is 1.88. The van der Waals surface area contributed by atoms with Crippen LogP contribution in [0, 0.1) is 0 Å². The molecular formula is C13H20N2. The number of rotatable bonds is 3. The summed E-state index contributed by atoms with van der Waals surface area (Å²) in [7, 11) is 0. The molecule has 1 aromatic heterocycles. The number of hydrogen-bond donors (Lipinski definition) is 0. The van der Waals surface area contributed by atoms with Gasteiger partial charge in [-0.3, -0.25) is 0 Å². The van der Waals surface area contributed by atoms with Gasteiger partial charge in [0.15, 0.2) is 0 Å². The second-order valence-electron chi connectivity index (χ2n) is 2.77. The van der Waals surface area contributed by atoms with Gasteiger partial charge >= 0.3 is 0 Å². The topological polar surface area (TPSA) is 17.8 Å². The Balaban J connectivity index is 0.000000921. The Bertz CT molecular complexity index is 329. The molecule has 0 atom stereocenters. The van der Waals surface area contributed by atoms with Gasteiger partial charge < -0.3 is 0 Å². The Morgan fingerprint density at radius 1 is 1.40 bits per heavy atom. The quantitative estimate of drug-likeness (QED) is 0.683. The van der Waals surface area contributed by atoms with E-state index in [0.717, 1.165) is 11.3 Å². The van der Waals surface area contributed by atoms with E-state index in [9.17, 15) is 0 Å². The number of hydrogen-bond acceptors (Lipinski definition) is 1. The van der Waals surface area contributed by atoms with E-state index in [0.29, 0.717) is 0 Å². The van der Waals surface area contributed by atoms with Gasteiger partial charge in [-0.1, -0.05) is 38.7 Å². The highest BCUT2D eigenvalue weighted by molar-refractivity contribution is 5.60. The molecule has 0 N–H and O–H groups in total. The molecule has 1 heterocycles. The summed E-state index contributed by atoms with van der Waals surface area (Å²) in [5.41, 5.74) is 2.02. The van der Waals surface area contributed by atoms with Crippen LogP contribution in [0.3, 0.4) is 0 Å². The van der Waals surface area contributed by atoms with Crippen LogP contribution in [0.2, 0.25) is 0 Å². The van der Waals surface area contributed by atoms with E-state index in [1.807, 2.05) is 58.2 Å². The van der Waals surface area contributed by atoms with Gasteiger partial charge in [0.25, 0.3) is 0 Å². The molecule has 2 nitrogen and oxygen atoms in total. The smallest absolute Gasteiger partial charge is 0.0602 e. The van der Waals surface area contributed by atoms with Gasteiger partial charge in [-0.25, -0.2) is 4.68 Å². The lowest BCUT2D eigenvalue weighted by atomic mass is 10.2. The Hall–Kier alpha value is -1.57. The first-order valence-corrected chi connectivity index (χ1v) is 5.24. The van der Waals surface area contributed by atoms with Crippen LogP contribution < -0.4 is 0 Å². The molecule has 0 amide bonds. The number of allylic oxidation sites excluding steroid dienone is 5. The minimum atomic E-state index is 0.906. The molecule has 0 saturated carbocycles. The molecule has 0 aromatic carbocycles. The molecule has 0 aliphatic rings. The van der Waals surface area contributed by atoms with Crippen molar-refractivity contribution in [1.29, 1.82) is 0 Å². The first kappa shape index (κ1) is 13.4. The molecule has 15 heavy (non-hydrogen) atoms. The average molecular weight is 204 g/mol. The third-order valence-electron chi connectivity index (χ3n) is 1.77. The van der Waals surface area contributed by atoms with Crippen molar-refractivity contribution < 1.29 is 0 Å². The van der Waals surface area contributed by atoms with Gasteiger partial charge in [-0.05, 0) is 25.5 Å². The van der Waals surface area contributed by atoms with Gasteiger partial charge in [0.2, 0.25) is 0 Å². The zero-order valence-corrected chi connectivity index (χ0v) is 10.1. The summed E-state index contributed by atoms with van der Waals surface area (Å²) in [4.78, 5) is 0. The summed E-state index contributed by atoms with van der Waals surface area (Å²) in [5.74, 6) is 0. The van der Waals surface area contributed by atoms with Gasteiger partial charge in [0, 0.05) is 12.4 Å². The second-order valence-corrected chi connectivity index (χ2v) is 2.77. The molecule has 1 rings (SSSR count). The minimum Gasteiger partial charge on any atom is -0.241 e. The zero-order valence-electron chi connectivity index (χ0n) is 10.1. The molecule has 0 fully saturated rings. The van der Waals surface area contributed by atoms with Crippen molar-refractivity contribution in [3.63, 3.8) is 0 Å².